The van der Waals surface area contributed by atoms with Crippen LogP contribution in [0.4, 0.5) is 0 Å². The maximum absolute atomic E-state index is 11.9. The van der Waals surface area contributed by atoms with Crippen LogP contribution in [-0.4, -0.2) is 11.1 Å². The molecule has 0 aliphatic heterocycles. The number of hydrogen-bond acceptors (Lipinski definition) is 1. The van der Waals surface area contributed by atoms with Crippen LogP contribution in [0.3, 0.4) is 0 Å². The maximum Gasteiger partial charge on any atom is 0.315 e. The van der Waals surface area contributed by atoms with E-state index in [9.17, 15) is 9.90 Å². The molecule has 0 heterocycles. The van der Waals surface area contributed by atoms with Gasteiger partial charge in [-0.2, -0.15) is 0 Å². The van der Waals surface area contributed by atoms with Crippen molar-refractivity contribution in [3.63, 3.8) is 0 Å². The second-order valence-corrected chi connectivity index (χ2v) is 5.22. The Labute approximate surface area is 112 Å². The van der Waals surface area contributed by atoms with E-state index in [1.807, 2.05) is 67.6 Å². The molecule has 0 amide bonds. The van der Waals surface area contributed by atoms with Crippen molar-refractivity contribution >= 4 is 5.97 Å². The summed E-state index contributed by atoms with van der Waals surface area (Å²) in [6.45, 7) is 2.03. The number of aliphatic carboxylic acids is 1. The van der Waals surface area contributed by atoms with Gasteiger partial charge in [0.25, 0.3) is 0 Å². The summed E-state index contributed by atoms with van der Waals surface area (Å²) in [4.78, 5) is 11.9. The van der Waals surface area contributed by atoms with E-state index in [4.69, 9.17) is 0 Å². The van der Waals surface area contributed by atoms with E-state index in [-0.39, 0.29) is 11.8 Å². The standard InChI is InChI=1S/C17H16O2/c1-12-15(13-8-4-2-5-9-13)17(12,16(18)19)14-10-6-3-7-11-14/h2-12,15H,1H3,(H,18,19)/t12-,15?,17+/m1/s1. The largest absolute Gasteiger partial charge is 0.481 e. The molecule has 1 aliphatic rings. The van der Waals surface area contributed by atoms with Gasteiger partial charge in [0.05, 0.1) is 0 Å². The van der Waals surface area contributed by atoms with Crippen LogP contribution in [0.5, 0.6) is 0 Å². The number of hydrogen-bond donors (Lipinski definition) is 1. The second-order valence-electron chi connectivity index (χ2n) is 5.22. The molecule has 2 heteroatoms. The van der Waals surface area contributed by atoms with Gasteiger partial charge in [0.2, 0.25) is 0 Å². The summed E-state index contributed by atoms with van der Waals surface area (Å²) in [5.41, 5.74) is 1.26. The molecule has 0 aromatic heterocycles. The van der Waals surface area contributed by atoms with Gasteiger partial charge in [-0.25, -0.2) is 0 Å². The topological polar surface area (TPSA) is 37.3 Å². The third-order valence-corrected chi connectivity index (χ3v) is 4.36. The number of rotatable bonds is 3. The quantitative estimate of drug-likeness (QED) is 0.908. The van der Waals surface area contributed by atoms with Crippen molar-refractivity contribution in [1.82, 2.24) is 0 Å². The lowest BCUT2D eigenvalue weighted by molar-refractivity contribution is -0.140. The van der Waals surface area contributed by atoms with Crippen LogP contribution in [0.2, 0.25) is 0 Å². The van der Waals surface area contributed by atoms with E-state index in [2.05, 4.69) is 0 Å². The molecule has 1 aliphatic carbocycles. The van der Waals surface area contributed by atoms with Gasteiger partial charge in [0, 0.05) is 5.92 Å². The van der Waals surface area contributed by atoms with Crippen molar-refractivity contribution in [3.8, 4) is 0 Å². The number of carbonyl (C=O) groups is 1. The first-order valence-corrected chi connectivity index (χ1v) is 6.53. The van der Waals surface area contributed by atoms with Gasteiger partial charge in [-0.05, 0) is 17.0 Å². The Morgan fingerprint density at radius 3 is 2.05 bits per heavy atom. The predicted octanol–water partition coefficient (Wildman–Crippen LogP) is 3.44. The summed E-state index contributed by atoms with van der Waals surface area (Å²) >= 11 is 0. The SMILES string of the molecule is C[C@@H]1C(c2ccccc2)[C@@]1(C(=O)O)c1ccccc1. The lowest BCUT2D eigenvalue weighted by Crippen LogP contribution is -2.23. The Hall–Kier alpha value is -2.09. The van der Waals surface area contributed by atoms with Crippen molar-refractivity contribution in [3.05, 3.63) is 71.8 Å². The highest BCUT2D eigenvalue weighted by atomic mass is 16.4. The molecule has 1 unspecified atom stereocenters. The highest BCUT2D eigenvalue weighted by molar-refractivity contribution is 5.88. The maximum atomic E-state index is 11.9. The number of benzene rings is 2. The summed E-state index contributed by atoms with van der Waals surface area (Å²) in [5, 5.41) is 9.76. The summed E-state index contributed by atoms with van der Waals surface area (Å²) in [5.74, 6) is -0.538. The van der Waals surface area contributed by atoms with Crippen LogP contribution < -0.4 is 0 Å². The van der Waals surface area contributed by atoms with Crippen LogP contribution in [0.15, 0.2) is 60.7 Å². The van der Waals surface area contributed by atoms with Crippen LogP contribution in [0.1, 0.15) is 24.0 Å². The first kappa shape index (κ1) is 12.0. The molecule has 1 fully saturated rings. The first-order chi connectivity index (χ1) is 9.19. The summed E-state index contributed by atoms with van der Waals surface area (Å²) in [6.07, 6.45) is 0. The number of carboxylic acids is 1. The molecular formula is C17H16O2. The normalized spacial score (nSPS) is 28.9. The van der Waals surface area contributed by atoms with Crippen LogP contribution in [0, 0.1) is 5.92 Å². The van der Waals surface area contributed by atoms with Crippen molar-refractivity contribution in [2.24, 2.45) is 5.92 Å². The van der Waals surface area contributed by atoms with Gasteiger partial charge in [0.15, 0.2) is 0 Å². The Kier molecular flexibility index (Phi) is 2.67. The van der Waals surface area contributed by atoms with Crippen LogP contribution in [-0.2, 0) is 10.2 Å². The van der Waals surface area contributed by atoms with Crippen molar-refractivity contribution in [2.75, 3.05) is 0 Å². The summed E-state index contributed by atoms with van der Waals surface area (Å²) in [6, 6.07) is 19.5. The van der Waals surface area contributed by atoms with Gasteiger partial charge in [-0.1, -0.05) is 67.6 Å². The monoisotopic (exact) mass is 252 g/mol. The van der Waals surface area contributed by atoms with Gasteiger partial charge in [-0.3, -0.25) is 4.79 Å². The Morgan fingerprint density at radius 1 is 1.00 bits per heavy atom. The molecule has 0 radical (unpaired) electrons. The highest BCUT2D eigenvalue weighted by Crippen LogP contribution is 2.65. The minimum atomic E-state index is -0.761. The summed E-state index contributed by atoms with van der Waals surface area (Å²) in [7, 11) is 0. The van der Waals surface area contributed by atoms with Gasteiger partial charge in [0.1, 0.15) is 5.41 Å². The molecule has 96 valence electrons. The third-order valence-electron chi connectivity index (χ3n) is 4.36. The molecule has 3 atom stereocenters. The predicted molar refractivity (Wildman–Crippen MR) is 74.1 cm³/mol. The average Bonchev–Trinajstić information content (AvgIpc) is 3.08. The van der Waals surface area contributed by atoms with E-state index in [0.29, 0.717) is 0 Å². The van der Waals surface area contributed by atoms with Crippen molar-refractivity contribution < 1.29 is 9.90 Å². The molecule has 2 nitrogen and oxygen atoms in total. The van der Waals surface area contributed by atoms with Crippen molar-refractivity contribution in [1.29, 1.82) is 0 Å². The average molecular weight is 252 g/mol. The second kappa shape index (κ2) is 4.23. The zero-order valence-electron chi connectivity index (χ0n) is 10.8. The fraction of sp³-hybridized carbons (Fsp3) is 0.235. The van der Waals surface area contributed by atoms with E-state index in [0.717, 1.165) is 11.1 Å². The van der Waals surface area contributed by atoms with E-state index >= 15 is 0 Å². The van der Waals surface area contributed by atoms with Crippen LogP contribution in [0.25, 0.3) is 0 Å². The molecule has 1 N–H and O–H groups in total. The van der Waals surface area contributed by atoms with Gasteiger partial charge in [-0.15, -0.1) is 0 Å². The summed E-state index contributed by atoms with van der Waals surface area (Å²) < 4.78 is 0. The smallest absolute Gasteiger partial charge is 0.315 e. The molecule has 0 bridgehead atoms. The Morgan fingerprint density at radius 2 is 1.53 bits per heavy atom. The van der Waals surface area contributed by atoms with Crippen molar-refractivity contribution in [2.45, 2.75) is 18.3 Å². The fourth-order valence-corrected chi connectivity index (χ4v) is 3.38. The molecule has 0 spiro atoms. The van der Waals surface area contributed by atoms with E-state index in [1.54, 1.807) is 0 Å². The minimum Gasteiger partial charge on any atom is -0.481 e. The molecule has 1 saturated carbocycles. The molecule has 19 heavy (non-hydrogen) atoms. The molecular weight excluding hydrogens is 236 g/mol. The zero-order valence-corrected chi connectivity index (χ0v) is 10.8. The minimum absolute atomic E-state index is 0.0635. The van der Waals surface area contributed by atoms with Gasteiger partial charge >= 0.3 is 5.97 Å². The Balaban J connectivity index is 2.08. The van der Waals surface area contributed by atoms with Gasteiger partial charge < -0.3 is 5.11 Å². The third kappa shape index (κ3) is 1.60. The molecule has 0 saturated heterocycles. The molecule has 2 aromatic rings. The Bertz CT molecular complexity index is 591. The van der Waals surface area contributed by atoms with Crippen LogP contribution >= 0.6 is 0 Å². The molecule has 3 rings (SSSR count). The lowest BCUT2D eigenvalue weighted by Gasteiger charge is -2.13. The highest BCUT2D eigenvalue weighted by Gasteiger charge is 2.68. The van der Waals surface area contributed by atoms with E-state index < -0.39 is 11.4 Å². The number of carboxylic acid groups (broad SMARTS) is 1. The first-order valence-electron chi connectivity index (χ1n) is 6.53. The lowest BCUT2D eigenvalue weighted by atomic mass is 9.90. The van der Waals surface area contributed by atoms with E-state index in [1.165, 1.54) is 0 Å². The zero-order chi connectivity index (χ0) is 13.5. The fourth-order valence-electron chi connectivity index (χ4n) is 3.38. The molecule has 2 aromatic carbocycles.